The van der Waals surface area contributed by atoms with Crippen molar-refractivity contribution in [1.29, 1.82) is 0 Å². The third kappa shape index (κ3) is 1.98. The van der Waals surface area contributed by atoms with E-state index in [0.29, 0.717) is 16.1 Å². The minimum Gasteiger partial charge on any atom is -0.390 e. The maximum Gasteiger partial charge on any atom is 0.270 e. The van der Waals surface area contributed by atoms with E-state index in [1.165, 1.54) is 34.4 Å². The minimum atomic E-state index is -0.502. The van der Waals surface area contributed by atoms with Gasteiger partial charge in [0, 0.05) is 22.6 Å². The average molecular weight is 288 g/mol. The Morgan fingerprint density at radius 1 is 1.35 bits per heavy atom. The van der Waals surface area contributed by atoms with E-state index in [0.717, 1.165) is 24.8 Å². The summed E-state index contributed by atoms with van der Waals surface area (Å²) in [5.41, 5.74) is 7.76. The molecule has 1 aromatic carbocycles. The number of benzene rings is 1. The number of carbonyl (C=O) groups excluding carboxylic acids is 1. The molecule has 0 fully saturated rings. The molecule has 20 heavy (non-hydrogen) atoms. The summed E-state index contributed by atoms with van der Waals surface area (Å²) in [5, 5.41) is 11.3. The van der Waals surface area contributed by atoms with Gasteiger partial charge in [-0.05, 0) is 24.8 Å². The fourth-order valence-corrected chi connectivity index (χ4v) is 3.74. The number of carbonyl (C=O) groups is 1. The van der Waals surface area contributed by atoms with E-state index in [2.05, 4.69) is 0 Å². The lowest BCUT2D eigenvalue weighted by molar-refractivity contribution is -0.384. The number of ketones is 1. The van der Waals surface area contributed by atoms with E-state index < -0.39 is 4.92 Å². The van der Waals surface area contributed by atoms with Crippen molar-refractivity contribution in [2.45, 2.75) is 19.3 Å². The molecule has 5 nitrogen and oxygen atoms in total. The molecule has 1 aliphatic carbocycles. The van der Waals surface area contributed by atoms with E-state index in [1.807, 2.05) is 0 Å². The summed E-state index contributed by atoms with van der Waals surface area (Å²) in [4.78, 5) is 24.0. The standard InChI is InChI=1S/C14H12N2O3S/c15-14-12(10-5-2-6-11(10)20-14)13(17)8-3-1-4-9(7-8)16(18)19/h1,3-4,7H,2,5-6,15H2. The van der Waals surface area contributed by atoms with Gasteiger partial charge in [-0.25, -0.2) is 0 Å². The first-order chi connectivity index (χ1) is 9.58. The lowest BCUT2D eigenvalue weighted by atomic mass is 10.00. The third-order valence-corrected chi connectivity index (χ3v) is 4.62. The van der Waals surface area contributed by atoms with Gasteiger partial charge >= 0.3 is 0 Å². The van der Waals surface area contributed by atoms with Crippen LogP contribution in [0.2, 0.25) is 0 Å². The van der Waals surface area contributed by atoms with Crippen LogP contribution < -0.4 is 5.73 Å². The Balaban J connectivity index is 2.05. The summed E-state index contributed by atoms with van der Waals surface area (Å²) < 4.78 is 0. The molecule has 0 saturated carbocycles. The number of hydrogen-bond acceptors (Lipinski definition) is 5. The molecule has 1 aromatic heterocycles. The molecule has 1 aliphatic rings. The van der Waals surface area contributed by atoms with Crippen LogP contribution in [0.15, 0.2) is 24.3 Å². The summed E-state index contributed by atoms with van der Waals surface area (Å²) >= 11 is 1.46. The zero-order chi connectivity index (χ0) is 14.3. The van der Waals surface area contributed by atoms with E-state index in [-0.39, 0.29) is 11.5 Å². The molecule has 0 unspecified atom stereocenters. The lowest BCUT2D eigenvalue weighted by Gasteiger charge is -2.03. The molecular weight excluding hydrogens is 276 g/mol. The first-order valence-electron chi connectivity index (χ1n) is 6.27. The molecule has 0 aliphatic heterocycles. The predicted octanol–water partition coefficient (Wildman–Crippen LogP) is 2.96. The van der Waals surface area contributed by atoms with Gasteiger partial charge in [-0.2, -0.15) is 0 Å². The number of hydrogen-bond donors (Lipinski definition) is 1. The molecule has 3 rings (SSSR count). The van der Waals surface area contributed by atoms with Gasteiger partial charge in [-0.3, -0.25) is 14.9 Å². The number of nitro benzene ring substituents is 1. The molecular formula is C14H12N2O3S. The van der Waals surface area contributed by atoms with Gasteiger partial charge in [0.25, 0.3) is 5.69 Å². The summed E-state index contributed by atoms with van der Waals surface area (Å²) in [7, 11) is 0. The van der Waals surface area contributed by atoms with Crippen LogP contribution in [0.3, 0.4) is 0 Å². The summed E-state index contributed by atoms with van der Waals surface area (Å²) in [6, 6.07) is 5.79. The molecule has 0 saturated heterocycles. The van der Waals surface area contributed by atoms with Crippen LogP contribution in [0.4, 0.5) is 10.7 Å². The molecule has 0 bridgehead atoms. The zero-order valence-electron chi connectivity index (χ0n) is 10.6. The Morgan fingerprint density at radius 3 is 2.90 bits per heavy atom. The van der Waals surface area contributed by atoms with E-state index >= 15 is 0 Å². The maximum absolute atomic E-state index is 12.6. The van der Waals surface area contributed by atoms with Crippen molar-refractivity contribution in [3.8, 4) is 0 Å². The van der Waals surface area contributed by atoms with E-state index in [1.54, 1.807) is 6.07 Å². The molecule has 2 aromatic rings. The monoisotopic (exact) mass is 288 g/mol. The topological polar surface area (TPSA) is 86.2 Å². The molecule has 0 atom stereocenters. The van der Waals surface area contributed by atoms with Crippen LogP contribution in [-0.4, -0.2) is 10.7 Å². The van der Waals surface area contributed by atoms with Crippen LogP contribution >= 0.6 is 11.3 Å². The summed E-state index contributed by atoms with van der Waals surface area (Å²) in [6.07, 6.45) is 2.86. The second-order valence-corrected chi connectivity index (χ2v) is 5.87. The molecule has 0 spiro atoms. The van der Waals surface area contributed by atoms with Crippen molar-refractivity contribution in [1.82, 2.24) is 0 Å². The number of fused-ring (bicyclic) bond motifs is 1. The van der Waals surface area contributed by atoms with Gasteiger partial charge < -0.3 is 5.73 Å². The number of rotatable bonds is 3. The second-order valence-electron chi connectivity index (χ2n) is 4.73. The molecule has 2 N–H and O–H groups in total. The number of nitrogen functional groups attached to an aromatic ring is 1. The highest BCUT2D eigenvalue weighted by Crippen LogP contribution is 2.38. The van der Waals surface area contributed by atoms with Gasteiger partial charge in [-0.1, -0.05) is 12.1 Å². The second kappa shape index (κ2) is 4.72. The van der Waals surface area contributed by atoms with E-state index in [9.17, 15) is 14.9 Å². The number of thiophene rings is 1. The quantitative estimate of drug-likeness (QED) is 0.534. The van der Waals surface area contributed by atoms with Crippen molar-refractivity contribution >= 4 is 27.8 Å². The van der Waals surface area contributed by atoms with Gasteiger partial charge in [0.2, 0.25) is 0 Å². The number of non-ortho nitro benzene ring substituents is 1. The third-order valence-electron chi connectivity index (χ3n) is 3.49. The predicted molar refractivity (Wildman–Crippen MR) is 77.3 cm³/mol. The molecule has 0 radical (unpaired) electrons. The summed E-state index contributed by atoms with van der Waals surface area (Å²) in [6.45, 7) is 0. The van der Waals surface area contributed by atoms with E-state index in [4.69, 9.17) is 5.73 Å². The SMILES string of the molecule is Nc1sc2c(c1C(=O)c1cccc([N+](=O)[O-])c1)CCC2. The maximum atomic E-state index is 12.6. The van der Waals surface area contributed by atoms with Gasteiger partial charge in [0.1, 0.15) is 0 Å². The van der Waals surface area contributed by atoms with Crippen molar-refractivity contribution in [2.75, 3.05) is 5.73 Å². The number of anilines is 1. The first-order valence-corrected chi connectivity index (χ1v) is 7.08. The Labute approximate surface area is 119 Å². The zero-order valence-corrected chi connectivity index (χ0v) is 11.4. The van der Waals surface area contributed by atoms with Gasteiger partial charge in [0.05, 0.1) is 15.5 Å². The van der Waals surface area contributed by atoms with Crippen molar-refractivity contribution < 1.29 is 9.72 Å². The first kappa shape index (κ1) is 12.8. The number of aryl methyl sites for hydroxylation is 1. The average Bonchev–Trinajstić information content (AvgIpc) is 2.98. The van der Waals surface area contributed by atoms with Crippen LogP contribution in [-0.2, 0) is 12.8 Å². The van der Waals surface area contributed by atoms with Crippen molar-refractivity contribution in [2.24, 2.45) is 0 Å². The smallest absolute Gasteiger partial charge is 0.270 e. The molecule has 6 heteroatoms. The largest absolute Gasteiger partial charge is 0.390 e. The Hall–Kier alpha value is -2.21. The molecule has 0 amide bonds. The Bertz CT molecular complexity index is 721. The highest BCUT2D eigenvalue weighted by molar-refractivity contribution is 7.16. The lowest BCUT2D eigenvalue weighted by Crippen LogP contribution is -2.06. The van der Waals surface area contributed by atoms with Crippen LogP contribution in [0.5, 0.6) is 0 Å². The minimum absolute atomic E-state index is 0.0821. The van der Waals surface area contributed by atoms with Gasteiger partial charge in [-0.15, -0.1) is 11.3 Å². The van der Waals surface area contributed by atoms with Crippen molar-refractivity contribution in [3.63, 3.8) is 0 Å². The highest BCUT2D eigenvalue weighted by Gasteiger charge is 2.26. The number of nitrogens with two attached hydrogens (primary N) is 1. The fraction of sp³-hybridized carbons (Fsp3) is 0.214. The van der Waals surface area contributed by atoms with Crippen LogP contribution in [0, 0.1) is 10.1 Å². The van der Waals surface area contributed by atoms with Gasteiger partial charge in [0.15, 0.2) is 5.78 Å². The normalized spacial score (nSPS) is 13.2. The Kier molecular flexibility index (Phi) is 3.02. The highest BCUT2D eigenvalue weighted by atomic mass is 32.1. The van der Waals surface area contributed by atoms with Crippen molar-refractivity contribution in [3.05, 3.63) is 55.9 Å². The number of nitrogens with zero attached hydrogens (tertiary/aromatic N) is 1. The number of nitro groups is 1. The van der Waals surface area contributed by atoms with Crippen LogP contribution in [0.25, 0.3) is 0 Å². The van der Waals surface area contributed by atoms with Crippen LogP contribution in [0.1, 0.15) is 32.8 Å². The fourth-order valence-electron chi connectivity index (χ4n) is 2.58. The Morgan fingerprint density at radius 2 is 2.15 bits per heavy atom. The summed E-state index contributed by atoms with van der Waals surface area (Å²) in [5.74, 6) is -0.217. The molecule has 102 valence electrons. The molecule has 1 heterocycles.